The number of benzene rings is 3. The number of rotatable bonds is 6. The molecule has 1 aromatic heterocycles. The third-order valence-electron chi connectivity index (χ3n) is 5.88. The predicted octanol–water partition coefficient (Wildman–Crippen LogP) is 5.79. The van der Waals surface area contributed by atoms with Crippen LogP contribution in [0.4, 0.5) is 11.6 Å². The highest BCUT2D eigenvalue weighted by molar-refractivity contribution is 6.35. The second kappa shape index (κ2) is 10.0. The molecule has 1 amide bonds. The number of tetrazole rings is 1. The molecular formula is C26H22Cl2N6O2. The lowest BCUT2D eigenvalue weighted by atomic mass is 9.94. The maximum atomic E-state index is 13.6. The Balaban J connectivity index is 1.51. The summed E-state index contributed by atoms with van der Waals surface area (Å²) in [5, 5.41) is 19.2. The zero-order valence-electron chi connectivity index (χ0n) is 19.5. The predicted molar refractivity (Wildman–Crippen MR) is 139 cm³/mol. The van der Waals surface area contributed by atoms with E-state index >= 15 is 0 Å². The van der Waals surface area contributed by atoms with Gasteiger partial charge in [0.1, 0.15) is 18.4 Å². The minimum atomic E-state index is -0.626. The van der Waals surface area contributed by atoms with Crippen molar-refractivity contribution >= 4 is 40.7 Å². The fourth-order valence-electron chi connectivity index (χ4n) is 4.06. The Morgan fingerprint density at radius 1 is 1.08 bits per heavy atom. The number of para-hydroxylation sites is 1. The second-order valence-corrected chi connectivity index (χ2v) is 9.24. The number of nitrogens with one attached hydrogen (secondary N) is 2. The quantitative estimate of drug-likeness (QED) is 0.334. The van der Waals surface area contributed by atoms with Crippen LogP contribution in [0.1, 0.15) is 29.7 Å². The molecule has 0 fully saturated rings. The molecule has 36 heavy (non-hydrogen) atoms. The van der Waals surface area contributed by atoms with Crippen LogP contribution in [0.25, 0.3) is 0 Å². The Labute approximate surface area is 217 Å². The Morgan fingerprint density at radius 2 is 1.86 bits per heavy atom. The maximum absolute atomic E-state index is 13.6. The van der Waals surface area contributed by atoms with E-state index in [0.717, 1.165) is 16.7 Å². The van der Waals surface area contributed by atoms with E-state index in [4.69, 9.17) is 27.9 Å². The van der Waals surface area contributed by atoms with Crippen molar-refractivity contribution in [1.82, 2.24) is 20.2 Å². The monoisotopic (exact) mass is 520 g/mol. The lowest BCUT2D eigenvalue weighted by Crippen LogP contribution is -2.31. The molecule has 1 aliphatic rings. The van der Waals surface area contributed by atoms with E-state index in [0.29, 0.717) is 38.7 Å². The summed E-state index contributed by atoms with van der Waals surface area (Å²) in [4.78, 5) is 13.6. The number of allylic oxidation sites excluding steroid dienone is 1. The lowest BCUT2D eigenvalue weighted by molar-refractivity contribution is -0.113. The Bertz CT molecular complexity index is 1470. The molecule has 5 rings (SSSR count). The molecule has 182 valence electrons. The van der Waals surface area contributed by atoms with Crippen molar-refractivity contribution in [2.75, 3.05) is 10.6 Å². The summed E-state index contributed by atoms with van der Waals surface area (Å²) >= 11 is 12.4. The van der Waals surface area contributed by atoms with Crippen molar-refractivity contribution < 1.29 is 9.53 Å². The number of aromatic nitrogens is 4. The molecule has 10 heteroatoms. The van der Waals surface area contributed by atoms with Gasteiger partial charge in [-0.15, -0.1) is 0 Å². The number of halogens is 2. The minimum Gasteiger partial charge on any atom is -0.488 e. The highest BCUT2D eigenvalue weighted by Gasteiger charge is 2.35. The minimum absolute atomic E-state index is 0.216. The van der Waals surface area contributed by atoms with Crippen LogP contribution in [0.3, 0.4) is 0 Å². The van der Waals surface area contributed by atoms with Gasteiger partial charge in [0.05, 0.1) is 5.57 Å². The second-order valence-electron chi connectivity index (χ2n) is 8.40. The molecule has 1 unspecified atom stereocenters. The number of carbonyl (C=O) groups excluding carboxylic acids is 1. The number of anilines is 2. The third kappa shape index (κ3) is 4.78. The maximum Gasteiger partial charge on any atom is 0.255 e. The number of hydrogen-bond donors (Lipinski definition) is 2. The summed E-state index contributed by atoms with van der Waals surface area (Å²) in [6.45, 7) is 4.03. The van der Waals surface area contributed by atoms with Gasteiger partial charge in [0.2, 0.25) is 5.95 Å². The van der Waals surface area contributed by atoms with E-state index in [9.17, 15) is 4.79 Å². The average molecular weight is 521 g/mol. The number of carbonyl (C=O) groups is 1. The molecule has 0 bridgehead atoms. The van der Waals surface area contributed by atoms with Crippen molar-refractivity contribution in [3.05, 3.63) is 105 Å². The fraction of sp³-hybridized carbons (Fsp3) is 0.154. The van der Waals surface area contributed by atoms with Gasteiger partial charge in [-0.25, -0.2) is 0 Å². The summed E-state index contributed by atoms with van der Waals surface area (Å²) in [5.41, 5.74) is 4.41. The van der Waals surface area contributed by atoms with Crippen molar-refractivity contribution in [2.45, 2.75) is 26.5 Å². The van der Waals surface area contributed by atoms with Crippen molar-refractivity contribution in [3.8, 4) is 5.75 Å². The number of aryl methyl sites for hydroxylation is 1. The first-order chi connectivity index (χ1) is 17.4. The van der Waals surface area contributed by atoms with Crippen LogP contribution >= 0.6 is 23.2 Å². The van der Waals surface area contributed by atoms with Gasteiger partial charge < -0.3 is 15.4 Å². The number of amides is 1. The zero-order valence-corrected chi connectivity index (χ0v) is 21.0. The standard InChI is InChI=1S/C26H22Cl2N6O2/c1-15-7-11-19(12-8-15)30-25(35)23-16(2)29-26-31-32-33-34(26)24(23)20-5-3-4-6-22(20)36-14-17-9-10-18(27)13-21(17)28/h3-13,24H,14H2,1-2H3,(H,30,35)(H,29,31,33). The van der Waals surface area contributed by atoms with E-state index in [1.165, 1.54) is 0 Å². The number of ether oxygens (including phenoxy) is 1. The molecule has 0 saturated heterocycles. The molecule has 8 nitrogen and oxygen atoms in total. The molecule has 1 aliphatic heterocycles. The molecule has 2 N–H and O–H groups in total. The number of nitrogens with zero attached hydrogens (tertiary/aromatic N) is 4. The van der Waals surface area contributed by atoms with Crippen LogP contribution in [0.15, 0.2) is 78.0 Å². The smallest absolute Gasteiger partial charge is 0.255 e. The first-order valence-electron chi connectivity index (χ1n) is 11.2. The molecule has 4 aromatic rings. The van der Waals surface area contributed by atoms with Gasteiger partial charge in [-0.05, 0) is 54.6 Å². The van der Waals surface area contributed by atoms with Crippen molar-refractivity contribution in [2.24, 2.45) is 0 Å². The van der Waals surface area contributed by atoms with E-state index < -0.39 is 6.04 Å². The van der Waals surface area contributed by atoms with Gasteiger partial charge in [0.15, 0.2) is 0 Å². The number of hydrogen-bond acceptors (Lipinski definition) is 6. The van der Waals surface area contributed by atoms with Gasteiger partial charge in [-0.1, -0.05) is 70.3 Å². The van der Waals surface area contributed by atoms with Crippen molar-refractivity contribution in [1.29, 1.82) is 0 Å². The molecule has 0 saturated carbocycles. The van der Waals surface area contributed by atoms with Crippen LogP contribution in [0.2, 0.25) is 10.0 Å². The molecule has 1 atom stereocenters. The van der Waals surface area contributed by atoms with E-state index in [1.54, 1.807) is 16.8 Å². The SMILES string of the molecule is CC1=C(C(=O)Nc2ccc(C)cc2)C(c2ccccc2OCc2ccc(Cl)cc2Cl)n2nnnc2N1. The highest BCUT2D eigenvalue weighted by Crippen LogP contribution is 2.39. The van der Waals surface area contributed by atoms with Gasteiger partial charge in [-0.2, -0.15) is 4.68 Å². The highest BCUT2D eigenvalue weighted by atomic mass is 35.5. The van der Waals surface area contributed by atoms with Crippen LogP contribution < -0.4 is 15.4 Å². The van der Waals surface area contributed by atoms with Crippen molar-refractivity contribution in [3.63, 3.8) is 0 Å². The molecule has 0 aliphatic carbocycles. The van der Waals surface area contributed by atoms with Gasteiger partial charge >= 0.3 is 0 Å². The summed E-state index contributed by atoms with van der Waals surface area (Å²) in [6, 6.07) is 19.7. The van der Waals surface area contributed by atoms with Gasteiger partial charge in [0.25, 0.3) is 5.91 Å². The molecule has 2 heterocycles. The summed E-state index contributed by atoms with van der Waals surface area (Å²) in [5.74, 6) is 0.732. The molecular weight excluding hydrogens is 499 g/mol. The van der Waals surface area contributed by atoms with Crippen LogP contribution in [0, 0.1) is 6.92 Å². The Kier molecular flexibility index (Phi) is 6.63. The van der Waals surface area contributed by atoms with E-state index in [2.05, 4.69) is 26.2 Å². The topological polar surface area (TPSA) is 94.0 Å². The summed E-state index contributed by atoms with van der Waals surface area (Å²) < 4.78 is 7.78. The van der Waals surface area contributed by atoms with Gasteiger partial charge in [0, 0.05) is 32.6 Å². The molecule has 3 aromatic carbocycles. The summed E-state index contributed by atoms with van der Waals surface area (Å²) in [7, 11) is 0. The molecule has 0 spiro atoms. The number of fused-ring (bicyclic) bond motifs is 1. The average Bonchev–Trinajstić information content (AvgIpc) is 3.32. The first kappa shape index (κ1) is 23.8. The van der Waals surface area contributed by atoms with E-state index in [-0.39, 0.29) is 12.5 Å². The largest absolute Gasteiger partial charge is 0.488 e. The lowest BCUT2D eigenvalue weighted by Gasteiger charge is -2.29. The fourth-order valence-corrected chi connectivity index (χ4v) is 4.52. The normalized spacial score (nSPS) is 14.7. The zero-order chi connectivity index (χ0) is 25.2. The first-order valence-corrected chi connectivity index (χ1v) is 12.0. The van der Waals surface area contributed by atoms with E-state index in [1.807, 2.05) is 68.4 Å². The van der Waals surface area contributed by atoms with Crippen LogP contribution in [-0.4, -0.2) is 26.1 Å². The molecule has 0 radical (unpaired) electrons. The van der Waals surface area contributed by atoms with Crippen LogP contribution in [-0.2, 0) is 11.4 Å². The Hall–Kier alpha value is -3.88. The van der Waals surface area contributed by atoms with Gasteiger partial charge in [-0.3, -0.25) is 4.79 Å². The third-order valence-corrected chi connectivity index (χ3v) is 6.47. The Morgan fingerprint density at radius 3 is 2.64 bits per heavy atom. The summed E-state index contributed by atoms with van der Waals surface area (Å²) in [6.07, 6.45) is 0. The van der Waals surface area contributed by atoms with Crippen LogP contribution in [0.5, 0.6) is 5.75 Å².